The van der Waals surface area contributed by atoms with E-state index in [1.165, 1.54) is 24.3 Å². The Morgan fingerprint density at radius 3 is 2.30 bits per heavy atom. The summed E-state index contributed by atoms with van der Waals surface area (Å²) in [4.78, 5) is 47.9. The molecule has 0 fully saturated rings. The number of halogens is 1. The number of amides is 1. The van der Waals surface area contributed by atoms with E-state index in [0.29, 0.717) is 5.56 Å². The Kier molecular flexibility index (Phi) is 7.20. The molecule has 8 nitrogen and oxygen atoms in total. The van der Waals surface area contributed by atoms with Crippen molar-refractivity contribution >= 4 is 40.6 Å². The first-order valence-corrected chi connectivity index (χ1v) is 10.2. The Labute approximate surface area is 194 Å². The molecule has 33 heavy (non-hydrogen) atoms. The molecule has 168 valence electrons. The Bertz CT molecular complexity index is 1270. The SMILES string of the molecule is Cc1ccc(C(=O)c2ccccc2C(=O)OCC(=O)Nc2ccc([N+](=O)[O-])cc2Cl)cc1C. The van der Waals surface area contributed by atoms with Crippen LogP contribution >= 0.6 is 11.6 Å². The standard InChI is InChI=1S/C24H19ClN2O6/c1-14-7-8-16(11-15(14)2)23(29)18-5-3-4-6-19(18)24(30)33-13-22(28)26-21-10-9-17(27(31)32)12-20(21)25/h3-12H,13H2,1-2H3,(H,26,28). The Balaban J connectivity index is 1.70. The number of nitro benzene ring substituents is 1. The minimum atomic E-state index is -0.840. The number of hydrogen-bond acceptors (Lipinski definition) is 6. The molecule has 0 saturated carbocycles. The molecule has 0 aliphatic carbocycles. The third kappa shape index (κ3) is 5.61. The molecule has 0 aromatic heterocycles. The number of benzene rings is 3. The molecule has 0 spiro atoms. The zero-order valence-corrected chi connectivity index (χ0v) is 18.5. The first-order valence-electron chi connectivity index (χ1n) is 9.79. The summed E-state index contributed by atoms with van der Waals surface area (Å²) in [7, 11) is 0. The van der Waals surface area contributed by atoms with Crippen LogP contribution < -0.4 is 5.32 Å². The summed E-state index contributed by atoms with van der Waals surface area (Å²) in [6, 6.07) is 15.0. The van der Waals surface area contributed by atoms with Crippen molar-refractivity contribution in [1.82, 2.24) is 0 Å². The summed E-state index contributed by atoms with van der Waals surface area (Å²) in [5, 5.41) is 13.2. The van der Waals surface area contributed by atoms with E-state index in [-0.39, 0.29) is 33.3 Å². The second-order valence-corrected chi connectivity index (χ2v) is 7.63. The molecule has 0 radical (unpaired) electrons. The summed E-state index contributed by atoms with van der Waals surface area (Å²) in [5.74, 6) is -1.88. The Hall–Kier alpha value is -4.04. The largest absolute Gasteiger partial charge is 0.452 e. The average molecular weight is 467 g/mol. The number of ketones is 1. The molecule has 9 heteroatoms. The normalized spacial score (nSPS) is 10.4. The highest BCUT2D eigenvalue weighted by Crippen LogP contribution is 2.26. The molecule has 1 N–H and O–H groups in total. The van der Waals surface area contributed by atoms with E-state index in [1.807, 2.05) is 19.9 Å². The molecule has 0 atom stereocenters. The molecule has 0 saturated heterocycles. The number of nitrogens with zero attached hydrogens (tertiary/aromatic N) is 1. The smallest absolute Gasteiger partial charge is 0.339 e. The van der Waals surface area contributed by atoms with Crippen LogP contribution in [-0.2, 0) is 9.53 Å². The highest BCUT2D eigenvalue weighted by molar-refractivity contribution is 6.34. The molecule has 1 amide bonds. The van der Waals surface area contributed by atoms with Crippen LogP contribution in [0.15, 0.2) is 60.7 Å². The lowest BCUT2D eigenvalue weighted by molar-refractivity contribution is -0.384. The van der Waals surface area contributed by atoms with Crippen LogP contribution in [0, 0.1) is 24.0 Å². The fraction of sp³-hybridized carbons (Fsp3) is 0.125. The number of carbonyl (C=O) groups is 3. The van der Waals surface area contributed by atoms with Crippen molar-refractivity contribution in [2.75, 3.05) is 11.9 Å². The van der Waals surface area contributed by atoms with E-state index in [2.05, 4.69) is 5.32 Å². The molecule has 3 rings (SSSR count). The predicted molar refractivity (Wildman–Crippen MR) is 123 cm³/mol. The van der Waals surface area contributed by atoms with Crippen LogP contribution in [0.2, 0.25) is 5.02 Å². The summed E-state index contributed by atoms with van der Waals surface area (Å²) in [6.45, 7) is 3.18. The van der Waals surface area contributed by atoms with Crippen molar-refractivity contribution in [3.8, 4) is 0 Å². The quantitative estimate of drug-likeness (QED) is 0.229. The van der Waals surface area contributed by atoms with E-state index in [1.54, 1.807) is 24.3 Å². The van der Waals surface area contributed by atoms with Gasteiger partial charge in [0.1, 0.15) is 0 Å². The van der Waals surface area contributed by atoms with E-state index >= 15 is 0 Å². The molecule has 0 aliphatic rings. The fourth-order valence-electron chi connectivity index (χ4n) is 3.01. The third-order valence-corrected chi connectivity index (χ3v) is 5.25. The van der Waals surface area contributed by atoms with Gasteiger partial charge in [-0.2, -0.15) is 0 Å². The van der Waals surface area contributed by atoms with Crippen molar-refractivity contribution in [3.05, 3.63) is 104 Å². The predicted octanol–water partition coefficient (Wildman–Crippen LogP) is 4.89. The maximum Gasteiger partial charge on any atom is 0.339 e. The summed E-state index contributed by atoms with van der Waals surface area (Å²) < 4.78 is 5.08. The monoisotopic (exact) mass is 466 g/mol. The number of ether oxygens (including phenoxy) is 1. The molecular weight excluding hydrogens is 448 g/mol. The summed E-state index contributed by atoms with van der Waals surface area (Å²) >= 11 is 5.95. The van der Waals surface area contributed by atoms with Crippen molar-refractivity contribution in [3.63, 3.8) is 0 Å². The number of nitrogens with one attached hydrogen (secondary N) is 1. The maximum atomic E-state index is 13.0. The molecule has 3 aromatic carbocycles. The van der Waals surface area contributed by atoms with Gasteiger partial charge < -0.3 is 10.1 Å². The number of esters is 1. The van der Waals surface area contributed by atoms with Gasteiger partial charge in [-0.1, -0.05) is 41.9 Å². The van der Waals surface area contributed by atoms with E-state index in [9.17, 15) is 24.5 Å². The number of anilines is 1. The maximum absolute atomic E-state index is 13.0. The van der Waals surface area contributed by atoms with Crippen LogP contribution in [0.4, 0.5) is 11.4 Å². The van der Waals surface area contributed by atoms with Crippen molar-refractivity contribution in [2.24, 2.45) is 0 Å². The number of hydrogen-bond donors (Lipinski definition) is 1. The van der Waals surface area contributed by atoms with Gasteiger partial charge in [0.05, 0.1) is 21.2 Å². The van der Waals surface area contributed by atoms with Crippen molar-refractivity contribution in [2.45, 2.75) is 13.8 Å². The lowest BCUT2D eigenvalue weighted by Crippen LogP contribution is -2.22. The lowest BCUT2D eigenvalue weighted by Gasteiger charge is -2.11. The van der Waals surface area contributed by atoms with E-state index in [4.69, 9.17) is 16.3 Å². The zero-order valence-electron chi connectivity index (χ0n) is 17.8. The third-order valence-electron chi connectivity index (χ3n) is 4.93. The number of aryl methyl sites for hydroxylation is 2. The summed E-state index contributed by atoms with van der Waals surface area (Å²) in [5.41, 5.74) is 2.51. The van der Waals surface area contributed by atoms with Gasteiger partial charge in [0.25, 0.3) is 11.6 Å². The molecule has 3 aromatic rings. The van der Waals surface area contributed by atoms with Gasteiger partial charge in [-0.3, -0.25) is 19.7 Å². The van der Waals surface area contributed by atoms with Crippen molar-refractivity contribution < 1.29 is 24.0 Å². The number of rotatable bonds is 7. The van der Waals surface area contributed by atoms with Gasteiger partial charge >= 0.3 is 5.97 Å². The zero-order chi connectivity index (χ0) is 24.1. The minimum absolute atomic E-state index is 0.0295. The van der Waals surface area contributed by atoms with Gasteiger partial charge in [0, 0.05) is 23.3 Å². The van der Waals surface area contributed by atoms with Crippen molar-refractivity contribution in [1.29, 1.82) is 0 Å². The highest BCUT2D eigenvalue weighted by atomic mass is 35.5. The molecule has 0 aliphatic heterocycles. The second-order valence-electron chi connectivity index (χ2n) is 7.22. The van der Waals surface area contributed by atoms with Gasteiger partial charge in [-0.25, -0.2) is 4.79 Å². The average Bonchev–Trinajstić information content (AvgIpc) is 2.80. The first kappa shape index (κ1) is 23.6. The molecular formula is C24H19ClN2O6. The van der Waals surface area contributed by atoms with Crippen LogP contribution in [0.1, 0.15) is 37.4 Å². The van der Waals surface area contributed by atoms with Crippen LogP contribution in [0.5, 0.6) is 0 Å². The number of nitro groups is 1. The molecule has 0 heterocycles. The van der Waals surface area contributed by atoms with Gasteiger partial charge in [0.2, 0.25) is 0 Å². The van der Waals surface area contributed by atoms with Crippen LogP contribution in [-0.4, -0.2) is 29.2 Å². The van der Waals surface area contributed by atoms with Gasteiger partial charge in [0.15, 0.2) is 12.4 Å². The van der Waals surface area contributed by atoms with Gasteiger partial charge in [-0.15, -0.1) is 0 Å². The molecule has 0 bridgehead atoms. The minimum Gasteiger partial charge on any atom is -0.452 e. The Morgan fingerprint density at radius 1 is 0.970 bits per heavy atom. The van der Waals surface area contributed by atoms with E-state index in [0.717, 1.165) is 17.2 Å². The summed E-state index contributed by atoms with van der Waals surface area (Å²) in [6.07, 6.45) is 0. The lowest BCUT2D eigenvalue weighted by atomic mass is 9.96. The van der Waals surface area contributed by atoms with Crippen LogP contribution in [0.3, 0.4) is 0 Å². The number of non-ortho nitro benzene ring substituents is 1. The van der Waals surface area contributed by atoms with Crippen LogP contribution in [0.25, 0.3) is 0 Å². The van der Waals surface area contributed by atoms with Gasteiger partial charge in [-0.05, 0) is 43.2 Å². The Morgan fingerprint density at radius 2 is 1.67 bits per heavy atom. The first-order chi connectivity index (χ1) is 15.7. The number of carbonyl (C=O) groups excluding carboxylic acids is 3. The van der Waals surface area contributed by atoms with E-state index < -0.39 is 23.4 Å². The second kappa shape index (κ2) is 10.1. The topological polar surface area (TPSA) is 116 Å². The fourth-order valence-corrected chi connectivity index (χ4v) is 3.23. The highest BCUT2D eigenvalue weighted by Gasteiger charge is 2.20. The molecule has 0 unspecified atom stereocenters.